The van der Waals surface area contributed by atoms with Crippen LogP contribution >= 0.6 is 0 Å². The summed E-state index contributed by atoms with van der Waals surface area (Å²) in [5, 5.41) is 0.159. The summed E-state index contributed by atoms with van der Waals surface area (Å²) in [5.41, 5.74) is 2.07. The minimum absolute atomic E-state index is 0.159. The van der Waals surface area contributed by atoms with Crippen molar-refractivity contribution >= 4 is 8.32 Å². The second-order valence-corrected chi connectivity index (χ2v) is 14.6. The van der Waals surface area contributed by atoms with Crippen LogP contribution in [0.15, 0.2) is 30.4 Å². The van der Waals surface area contributed by atoms with Gasteiger partial charge in [-0.15, -0.1) is 0 Å². The highest BCUT2D eigenvalue weighted by Crippen LogP contribution is 2.45. The first-order chi connectivity index (χ1) is 14.4. The molecule has 31 heavy (non-hydrogen) atoms. The van der Waals surface area contributed by atoms with Crippen LogP contribution in [0.2, 0.25) is 18.1 Å². The van der Waals surface area contributed by atoms with E-state index in [0.29, 0.717) is 18.3 Å². The molecule has 1 rings (SSSR count). The fraction of sp³-hybridized carbons (Fsp3) is 0.615. The van der Waals surface area contributed by atoms with Gasteiger partial charge in [-0.1, -0.05) is 52.0 Å². The Morgan fingerprint density at radius 3 is 2.10 bits per heavy atom. The monoisotopic (exact) mass is 448 g/mol. The van der Waals surface area contributed by atoms with E-state index >= 15 is 0 Å². The van der Waals surface area contributed by atoms with Crippen LogP contribution < -0.4 is 14.2 Å². The largest absolute Gasteiger partial charge is 0.496 e. The Labute approximate surface area is 191 Å². The Morgan fingerprint density at radius 2 is 1.61 bits per heavy atom. The maximum absolute atomic E-state index is 6.68. The van der Waals surface area contributed by atoms with Crippen molar-refractivity contribution in [3.05, 3.63) is 41.5 Å². The number of allylic oxidation sites excluding steroid dienone is 4. The van der Waals surface area contributed by atoms with E-state index in [1.54, 1.807) is 21.3 Å². The van der Waals surface area contributed by atoms with E-state index in [-0.39, 0.29) is 11.0 Å². The van der Waals surface area contributed by atoms with Crippen molar-refractivity contribution in [1.82, 2.24) is 0 Å². The van der Waals surface area contributed by atoms with Crippen LogP contribution in [0.1, 0.15) is 58.1 Å². The van der Waals surface area contributed by atoms with Gasteiger partial charge in [0.15, 0.2) is 19.8 Å². The molecule has 0 aliphatic rings. The highest BCUT2D eigenvalue weighted by atomic mass is 28.4. The summed E-state index contributed by atoms with van der Waals surface area (Å²) in [6.45, 7) is 18.4. The summed E-state index contributed by atoms with van der Waals surface area (Å²) in [4.78, 5) is 0. The van der Waals surface area contributed by atoms with Crippen molar-refractivity contribution in [3.63, 3.8) is 0 Å². The molecular formula is C26H44O4Si. The number of ether oxygens (including phenoxy) is 3. The first kappa shape index (κ1) is 27.3. The third kappa shape index (κ3) is 7.14. The van der Waals surface area contributed by atoms with Crippen LogP contribution in [-0.2, 0) is 4.43 Å². The Kier molecular flexibility index (Phi) is 10.4. The number of hydrogen-bond donors (Lipinski definition) is 0. The molecule has 0 saturated carbocycles. The van der Waals surface area contributed by atoms with Gasteiger partial charge in [0.1, 0.15) is 5.75 Å². The standard InChI is InChI=1S/C26H44O4Si/c1-12-13-14-15-19(2)16-21(18-30-31(10,11)26(4,5)6)22-17-23(27-7)25(29-9)20(3)24(22)28-8/h12-15,17,19,21H,16,18H2,1-11H3/b13-12-,15-14+/t19-,21+/m1/s1. The summed E-state index contributed by atoms with van der Waals surface area (Å²) in [6.07, 6.45) is 9.43. The molecule has 0 aromatic heterocycles. The van der Waals surface area contributed by atoms with Gasteiger partial charge in [0.2, 0.25) is 0 Å². The fourth-order valence-electron chi connectivity index (χ4n) is 3.46. The zero-order valence-corrected chi connectivity index (χ0v) is 22.6. The quantitative estimate of drug-likeness (QED) is 0.263. The molecule has 0 spiro atoms. The summed E-state index contributed by atoms with van der Waals surface area (Å²) in [6, 6.07) is 2.06. The Hall–Kier alpha value is -1.72. The maximum Gasteiger partial charge on any atom is 0.192 e. The molecule has 176 valence electrons. The number of hydrogen-bond acceptors (Lipinski definition) is 4. The third-order valence-electron chi connectivity index (χ3n) is 6.37. The molecule has 0 aliphatic carbocycles. The minimum atomic E-state index is -1.89. The third-order valence-corrected chi connectivity index (χ3v) is 10.9. The van der Waals surface area contributed by atoms with E-state index in [2.05, 4.69) is 65.1 Å². The van der Waals surface area contributed by atoms with Gasteiger partial charge < -0.3 is 18.6 Å². The van der Waals surface area contributed by atoms with Crippen LogP contribution in [0.4, 0.5) is 0 Å². The highest BCUT2D eigenvalue weighted by Gasteiger charge is 2.38. The number of benzene rings is 1. The van der Waals surface area contributed by atoms with E-state index in [1.165, 1.54) is 0 Å². The van der Waals surface area contributed by atoms with Gasteiger partial charge in [-0.2, -0.15) is 0 Å². The van der Waals surface area contributed by atoms with Gasteiger partial charge >= 0.3 is 0 Å². The Balaban J connectivity index is 3.43. The van der Waals surface area contributed by atoms with Gasteiger partial charge in [-0.25, -0.2) is 0 Å². The molecule has 0 radical (unpaired) electrons. The topological polar surface area (TPSA) is 36.9 Å². The molecule has 0 fully saturated rings. The summed E-state index contributed by atoms with van der Waals surface area (Å²) >= 11 is 0. The van der Waals surface area contributed by atoms with E-state index in [9.17, 15) is 0 Å². The van der Waals surface area contributed by atoms with Crippen molar-refractivity contribution in [2.24, 2.45) is 5.92 Å². The van der Waals surface area contributed by atoms with Crippen molar-refractivity contribution in [2.75, 3.05) is 27.9 Å². The van der Waals surface area contributed by atoms with Crippen molar-refractivity contribution in [3.8, 4) is 17.2 Å². The number of methoxy groups -OCH3 is 3. The second kappa shape index (κ2) is 11.8. The predicted octanol–water partition coefficient (Wildman–Crippen LogP) is 7.28. The smallest absolute Gasteiger partial charge is 0.192 e. The molecule has 0 unspecified atom stereocenters. The molecule has 0 bridgehead atoms. The van der Waals surface area contributed by atoms with E-state index in [0.717, 1.165) is 29.0 Å². The molecule has 0 aliphatic heterocycles. The van der Waals surface area contributed by atoms with Gasteiger partial charge in [0.05, 0.1) is 21.3 Å². The zero-order chi connectivity index (χ0) is 23.8. The molecule has 0 saturated heterocycles. The fourth-order valence-corrected chi connectivity index (χ4v) is 4.51. The van der Waals surface area contributed by atoms with Crippen molar-refractivity contribution < 1.29 is 18.6 Å². The Bertz CT molecular complexity index is 760. The Morgan fingerprint density at radius 1 is 1.00 bits per heavy atom. The average Bonchev–Trinajstić information content (AvgIpc) is 2.69. The summed E-state index contributed by atoms with van der Waals surface area (Å²) in [5.74, 6) is 2.86. The molecule has 0 N–H and O–H groups in total. The summed E-state index contributed by atoms with van der Waals surface area (Å²) < 4.78 is 23.8. The van der Waals surface area contributed by atoms with Crippen LogP contribution in [0.25, 0.3) is 0 Å². The molecule has 0 heterocycles. The molecule has 2 atom stereocenters. The lowest BCUT2D eigenvalue weighted by Crippen LogP contribution is -2.41. The van der Waals surface area contributed by atoms with Gasteiger partial charge in [0, 0.05) is 23.7 Å². The molecule has 5 heteroatoms. The minimum Gasteiger partial charge on any atom is -0.496 e. The lowest BCUT2D eigenvalue weighted by Gasteiger charge is -2.38. The van der Waals surface area contributed by atoms with Crippen LogP contribution in [0.5, 0.6) is 17.2 Å². The molecule has 1 aromatic carbocycles. The molecule has 1 aromatic rings. The van der Waals surface area contributed by atoms with Crippen LogP contribution in [-0.4, -0.2) is 36.3 Å². The molecular weight excluding hydrogens is 404 g/mol. The van der Waals surface area contributed by atoms with E-state index in [4.69, 9.17) is 18.6 Å². The second-order valence-electron chi connectivity index (χ2n) is 9.75. The van der Waals surface area contributed by atoms with Gasteiger partial charge in [-0.3, -0.25) is 0 Å². The maximum atomic E-state index is 6.68. The van der Waals surface area contributed by atoms with Gasteiger partial charge in [-0.05, 0) is 50.4 Å². The van der Waals surface area contributed by atoms with E-state index in [1.807, 2.05) is 19.9 Å². The highest BCUT2D eigenvalue weighted by molar-refractivity contribution is 6.74. The molecule has 0 amide bonds. The average molecular weight is 449 g/mol. The SMILES string of the molecule is C/C=C\C=C\[C@@H](C)C[C@@H](CO[Si](C)(C)C(C)(C)C)c1cc(OC)c(OC)c(C)c1OC. The number of rotatable bonds is 11. The van der Waals surface area contributed by atoms with Crippen molar-refractivity contribution in [2.45, 2.75) is 72.0 Å². The first-order valence-electron chi connectivity index (χ1n) is 11.2. The zero-order valence-electron chi connectivity index (χ0n) is 21.6. The van der Waals surface area contributed by atoms with Crippen LogP contribution in [0.3, 0.4) is 0 Å². The van der Waals surface area contributed by atoms with Crippen molar-refractivity contribution in [1.29, 1.82) is 0 Å². The van der Waals surface area contributed by atoms with E-state index < -0.39 is 8.32 Å². The lowest BCUT2D eigenvalue weighted by molar-refractivity contribution is 0.246. The first-order valence-corrected chi connectivity index (χ1v) is 14.1. The molecule has 4 nitrogen and oxygen atoms in total. The lowest BCUT2D eigenvalue weighted by atomic mass is 9.88. The predicted molar refractivity (Wildman–Crippen MR) is 134 cm³/mol. The van der Waals surface area contributed by atoms with Crippen LogP contribution in [0, 0.1) is 12.8 Å². The normalized spacial score (nSPS) is 14.8. The van der Waals surface area contributed by atoms with Gasteiger partial charge in [0.25, 0.3) is 0 Å². The summed E-state index contributed by atoms with van der Waals surface area (Å²) in [7, 11) is 3.17.